The van der Waals surface area contributed by atoms with Gasteiger partial charge in [0.2, 0.25) is 5.91 Å². The molecule has 0 aromatic carbocycles. The molecular weight excluding hydrogens is 314 g/mol. The number of carbonyl (C=O) groups excluding carboxylic acids is 2. The normalized spacial score (nSPS) is 29.7. The van der Waals surface area contributed by atoms with Gasteiger partial charge in [-0.3, -0.25) is 9.69 Å². The Morgan fingerprint density at radius 2 is 1.88 bits per heavy atom. The SMILES string of the molecule is CC1CC(C)CN(C(=O)CCNC(=O)N2CCCC3CCCC=C32)C1. The minimum absolute atomic E-state index is 0.0222. The molecule has 5 nitrogen and oxygen atoms in total. The van der Waals surface area contributed by atoms with Crippen molar-refractivity contribution in [3.05, 3.63) is 11.8 Å². The second-order valence-corrected chi connectivity index (χ2v) is 8.28. The number of nitrogens with one attached hydrogen (secondary N) is 1. The first-order valence-corrected chi connectivity index (χ1v) is 10.1. The van der Waals surface area contributed by atoms with Crippen molar-refractivity contribution >= 4 is 11.9 Å². The smallest absolute Gasteiger partial charge is 0.321 e. The van der Waals surface area contributed by atoms with Crippen molar-refractivity contribution < 1.29 is 9.59 Å². The molecule has 0 saturated carbocycles. The van der Waals surface area contributed by atoms with Gasteiger partial charge < -0.3 is 10.2 Å². The minimum Gasteiger partial charge on any atom is -0.342 e. The highest BCUT2D eigenvalue weighted by atomic mass is 16.2. The lowest BCUT2D eigenvalue weighted by molar-refractivity contribution is -0.133. The van der Waals surface area contributed by atoms with Crippen LogP contribution in [-0.4, -0.2) is 47.9 Å². The maximum absolute atomic E-state index is 12.6. The van der Waals surface area contributed by atoms with Crippen LogP contribution < -0.4 is 5.32 Å². The van der Waals surface area contributed by atoms with E-state index < -0.39 is 0 Å². The van der Waals surface area contributed by atoms with Crippen molar-refractivity contribution in [1.82, 2.24) is 15.1 Å². The van der Waals surface area contributed by atoms with E-state index in [-0.39, 0.29) is 11.9 Å². The fourth-order valence-corrected chi connectivity index (χ4v) is 4.79. The lowest BCUT2D eigenvalue weighted by Crippen LogP contribution is -2.46. The average molecular weight is 348 g/mol. The Morgan fingerprint density at radius 1 is 1.16 bits per heavy atom. The Hall–Kier alpha value is -1.52. The molecule has 2 heterocycles. The van der Waals surface area contributed by atoms with E-state index in [4.69, 9.17) is 0 Å². The third-order valence-electron chi connectivity index (χ3n) is 5.86. The molecule has 3 aliphatic rings. The minimum atomic E-state index is -0.0222. The zero-order chi connectivity index (χ0) is 17.8. The molecule has 0 aromatic rings. The van der Waals surface area contributed by atoms with E-state index in [0.29, 0.717) is 30.7 Å². The summed E-state index contributed by atoms with van der Waals surface area (Å²) in [5.41, 5.74) is 1.22. The molecule has 3 atom stereocenters. The molecule has 3 unspecified atom stereocenters. The van der Waals surface area contributed by atoms with Crippen LogP contribution in [0.15, 0.2) is 11.8 Å². The van der Waals surface area contributed by atoms with Crippen LogP contribution in [0.1, 0.15) is 58.8 Å². The van der Waals surface area contributed by atoms with Crippen molar-refractivity contribution in [2.75, 3.05) is 26.2 Å². The number of amides is 3. The van der Waals surface area contributed by atoms with Crippen molar-refractivity contribution in [2.45, 2.75) is 58.8 Å². The largest absolute Gasteiger partial charge is 0.342 e. The van der Waals surface area contributed by atoms with E-state index >= 15 is 0 Å². The molecule has 1 N–H and O–H groups in total. The van der Waals surface area contributed by atoms with Crippen LogP contribution in [0.25, 0.3) is 0 Å². The van der Waals surface area contributed by atoms with E-state index in [0.717, 1.165) is 32.5 Å². The molecule has 3 amide bonds. The van der Waals surface area contributed by atoms with Crippen LogP contribution in [-0.2, 0) is 4.79 Å². The third kappa shape index (κ3) is 4.56. The van der Waals surface area contributed by atoms with Gasteiger partial charge in [-0.15, -0.1) is 0 Å². The molecule has 1 aliphatic carbocycles. The molecule has 2 saturated heterocycles. The molecule has 0 radical (unpaired) electrons. The molecule has 0 spiro atoms. The number of fused-ring (bicyclic) bond motifs is 1. The predicted molar refractivity (Wildman–Crippen MR) is 98.9 cm³/mol. The summed E-state index contributed by atoms with van der Waals surface area (Å²) >= 11 is 0. The number of rotatable bonds is 3. The molecule has 2 aliphatic heterocycles. The quantitative estimate of drug-likeness (QED) is 0.851. The second-order valence-electron chi connectivity index (χ2n) is 8.28. The zero-order valence-corrected chi connectivity index (χ0v) is 15.8. The van der Waals surface area contributed by atoms with Crippen LogP contribution >= 0.6 is 0 Å². The van der Waals surface area contributed by atoms with E-state index in [1.165, 1.54) is 31.4 Å². The Kier molecular flexibility index (Phi) is 6.02. The number of hydrogen-bond donors (Lipinski definition) is 1. The highest BCUT2D eigenvalue weighted by molar-refractivity contribution is 5.79. The van der Waals surface area contributed by atoms with Crippen LogP contribution in [0.3, 0.4) is 0 Å². The average Bonchev–Trinajstić information content (AvgIpc) is 2.60. The zero-order valence-electron chi connectivity index (χ0n) is 15.8. The van der Waals surface area contributed by atoms with Gasteiger partial charge in [-0.05, 0) is 56.3 Å². The van der Waals surface area contributed by atoms with Crippen LogP contribution in [0.4, 0.5) is 4.79 Å². The van der Waals surface area contributed by atoms with Gasteiger partial charge in [-0.1, -0.05) is 19.9 Å². The number of hydrogen-bond acceptors (Lipinski definition) is 2. The van der Waals surface area contributed by atoms with Gasteiger partial charge in [0, 0.05) is 38.3 Å². The highest BCUT2D eigenvalue weighted by Gasteiger charge is 2.30. The molecule has 0 bridgehead atoms. The number of piperidine rings is 2. The number of allylic oxidation sites excluding steroid dienone is 2. The summed E-state index contributed by atoms with van der Waals surface area (Å²) in [5, 5.41) is 2.98. The molecule has 2 fully saturated rings. The third-order valence-corrected chi connectivity index (χ3v) is 5.86. The fraction of sp³-hybridized carbons (Fsp3) is 0.800. The summed E-state index contributed by atoms with van der Waals surface area (Å²) in [4.78, 5) is 28.9. The van der Waals surface area contributed by atoms with E-state index in [9.17, 15) is 9.59 Å². The number of carbonyl (C=O) groups is 2. The van der Waals surface area contributed by atoms with Gasteiger partial charge in [0.25, 0.3) is 0 Å². The first-order valence-electron chi connectivity index (χ1n) is 10.1. The van der Waals surface area contributed by atoms with Crippen molar-refractivity contribution in [3.8, 4) is 0 Å². The Labute approximate surface area is 151 Å². The molecule has 140 valence electrons. The van der Waals surface area contributed by atoms with Gasteiger partial charge in [0.05, 0.1) is 0 Å². The first-order chi connectivity index (χ1) is 12.0. The Balaban J connectivity index is 1.46. The number of nitrogens with zero attached hydrogens (tertiary/aromatic N) is 2. The molecular formula is C20H33N3O2. The second kappa shape index (κ2) is 8.24. The summed E-state index contributed by atoms with van der Waals surface area (Å²) in [7, 11) is 0. The maximum Gasteiger partial charge on any atom is 0.321 e. The van der Waals surface area contributed by atoms with Crippen molar-refractivity contribution in [1.29, 1.82) is 0 Å². The topological polar surface area (TPSA) is 52.7 Å². The summed E-state index contributed by atoms with van der Waals surface area (Å²) < 4.78 is 0. The van der Waals surface area contributed by atoms with Gasteiger partial charge in [-0.25, -0.2) is 4.79 Å². The monoisotopic (exact) mass is 347 g/mol. The van der Waals surface area contributed by atoms with Gasteiger partial charge in [0.1, 0.15) is 0 Å². The lowest BCUT2D eigenvalue weighted by Gasteiger charge is -2.38. The van der Waals surface area contributed by atoms with Crippen LogP contribution in [0.2, 0.25) is 0 Å². The number of urea groups is 1. The van der Waals surface area contributed by atoms with Crippen molar-refractivity contribution in [2.24, 2.45) is 17.8 Å². The molecule has 3 rings (SSSR count). The number of likely N-dealkylation sites (tertiary alicyclic amines) is 2. The van der Waals surface area contributed by atoms with Gasteiger partial charge in [-0.2, -0.15) is 0 Å². The first kappa shape index (κ1) is 18.3. The fourth-order valence-electron chi connectivity index (χ4n) is 4.79. The summed E-state index contributed by atoms with van der Waals surface area (Å²) in [6.07, 6.45) is 9.67. The summed E-state index contributed by atoms with van der Waals surface area (Å²) in [6.45, 7) is 7.38. The van der Waals surface area contributed by atoms with Gasteiger partial charge >= 0.3 is 6.03 Å². The van der Waals surface area contributed by atoms with E-state index in [1.807, 2.05) is 9.80 Å². The maximum atomic E-state index is 12.6. The summed E-state index contributed by atoms with van der Waals surface area (Å²) in [5.74, 6) is 1.88. The van der Waals surface area contributed by atoms with E-state index in [1.54, 1.807) is 0 Å². The van der Waals surface area contributed by atoms with E-state index in [2.05, 4.69) is 25.2 Å². The summed E-state index contributed by atoms with van der Waals surface area (Å²) in [6, 6.07) is -0.0222. The Bertz CT molecular complexity index is 521. The molecule has 5 heteroatoms. The highest BCUT2D eigenvalue weighted by Crippen LogP contribution is 2.34. The van der Waals surface area contributed by atoms with Crippen LogP contribution in [0.5, 0.6) is 0 Å². The standard InChI is InChI=1S/C20H33N3O2/c1-15-12-16(2)14-22(13-15)19(24)9-10-21-20(25)23-11-5-7-17-6-3-4-8-18(17)23/h8,15-17H,3-7,9-14H2,1-2H3,(H,21,25). The lowest BCUT2D eigenvalue weighted by atomic mass is 9.85. The van der Waals surface area contributed by atoms with Gasteiger partial charge in [0.15, 0.2) is 0 Å². The Morgan fingerprint density at radius 3 is 2.64 bits per heavy atom. The van der Waals surface area contributed by atoms with Crippen molar-refractivity contribution in [3.63, 3.8) is 0 Å². The molecule has 0 aromatic heterocycles. The predicted octanol–water partition coefficient (Wildman–Crippen LogP) is 3.37. The molecule has 25 heavy (non-hydrogen) atoms. The van der Waals surface area contributed by atoms with Crippen LogP contribution in [0, 0.1) is 17.8 Å².